The third-order valence-electron chi connectivity index (χ3n) is 7.18. The van der Waals surface area contributed by atoms with Crippen LogP contribution in [0.4, 0.5) is 0 Å². The van der Waals surface area contributed by atoms with Gasteiger partial charge in [-0.2, -0.15) is 0 Å². The predicted molar refractivity (Wildman–Crippen MR) is 140 cm³/mol. The van der Waals surface area contributed by atoms with E-state index in [0.717, 1.165) is 47.4 Å². The summed E-state index contributed by atoms with van der Waals surface area (Å²) >= 11 is 8.04. The molecule has 1 aromatic carbocycles. The minimum atomic E-state index is -0.339. The highest BCUT2D eigenvalue weighted by Gasteiger charge is 2.35. The van der Waals surface area contributed by atoms with Crippen molar-refractivity contribution in [1.82, 2.24) is 15.2 Å². The molecular weight excluding hydrogens is 486 g/mol. The van der Waals surface area contributed by atoms with Gasteiger partial charge in [0.1, 0.15) is 5.75 Å². The van der Waals surface area contributed by atoms with Crippen LogP contribution >= 0.6 is 23.4 Å². The van der Waals surface area contributed by atoms with Gasteiger partial charge in [-0.25, -0.2) is 0 Å². The van der Waals surface area contributed by atoms with Crippen LogP contribution in [0.15, 0.2) is 21.8 Å². The zero-order chi connectivity index (χ0) is 25.3. The lowest BCUT2D eigenvalue weighted by molar-refractivity contribution is -0.148. The second kappa shape index (κ2) is 10.9. The lowest BCUT2D eigenvalue weighted by atomic mass is 9.85. The molecule has 1 atom stereocenters. The Hall–Kier alpha value is -2.00. The van der Waals surface area contributed by atoms with E-state index in [1.807, 2.05) is 26.2 Å². The molecule has 2 N–H and O–H groups in total. The van der Waals surface area contributed by atoms with Gasteiger partial charge >= 0.3 is 0 Å². The summed E-state index contributed by atoms with van der Waals surface area (Å²) in [5.74, 6) is 0.664. The average molecular weight is 520 g/mol. The van der Waals surface area contributed by atoms with Crippen molar-refractivity contribution in [1.29, 1.82) is 0 Å². The summed E-state index contributed by atoms with van der Waals surface area (Å²) < 4.78 is 12.4. The summed E-state index contributed by atoms with van der Waals surface area (Å²) in [6.45, 7) is 4.21. The SMILES string of the molecule is CSc1cc(C)[nH]c(=O)c1CNC(=O)c1cc(Cl)c2c(c1C)OC(C1CCC(N(C)C)CC1)OC2. The lowest BCUT2D eigenvalue weighted by Crippen LogP contribution is -2.39. The quantitative estimate of drug-likeness (QED) is 0.540. The average Bonchev–Trinajstić information content (AvgIpc) is 2.84. The van der Waals surface area contributed by atoms with Crippen LogP contribution in [0.5, 0.6) is 5.75 Å². The molecule has 0 radical (unpaired) electrons. The molecule has 7 nitrogen and oxygen atoms in total. The van der Waals surface area contributed by atoms with Crippen LogP contribution in [0.1, 0.15) is 58.4 Å². The van der Waals surface area contributed by atoms with Crippen molar-refractivity contribution >= 4 is 29.3 Å². The molecule has 4 rings (SSSR count). The van der Waals surface area contributed by atoms with Crippen LogP contribution in [0.25, 0.3) is 0 Å². The Kier molecular flexibility index (Phi) is 8.16. The zero-order valence-corrected chi connectivity index (χ0v) is 22.6. The van der Waals surface area contributed by atoms with Crippen LogP contribution in [0.3, 0.4) is 0 Å². The molecule has 1 amide bonds. The summed E-state index contributed by atoms with van der Waals surface area (Å²) in [6, 6.07) is 4.17. The first kappa shape index (κ1) is 26.1. The first-order valence-electron chi connectivity index (χ1n) is 12.0. The molecule has 2 aliphatic rings. The van der Waals surface area contributed by atoms with E-state index in [1.54, 1.807) is 6.07 Å². The summed E-state index contributed by atoms with van der Waals surface area (Å²) in [6.07, 6.45) is 5.89. The molecule has 190 valence electrons. The lowest BCUT2D eigenvalue weighted by Gasteiger charge is -2.38. The molecule has 0 spiro atoms. The number of H-pyrrole nitrogens is 1. The van der Waals surface area contributed by atoms with Gasteiger partial charge in [0, 0.05) is 51.3 Å². The van der Waals surface area contributed by atoms with Gasteiger partial charge in [0.2, 0.25) is 6.29 Å². The minimum Gasteiger partial charge on any atom is -0.464 e. The van der Waals surface area contributed by atoms with Gasteiger partial charge in [0.05, 0.1) is 11.6 Å². The van der Waals surface area contributed by atoms with E-state index in [0.29, 0.717) is 40.5 Å². The van der Waals surface area contributed by atoms with E-state index in [2.05, 4.69) is 29.3 Å². The van der Waals surface area contributed by atoms with Gasteiger partial charge in [-0.15, -0.1) is 11.8 Å². The second-order valence-corrected chi connectivity index (χ2v) is 10.9. The van der Waals surface area contributed by atoms with Gasteiger partial charge in [0.15, 0.2) is 0 Å². The van der Waals surface area contributed by atoms with Gasteiger partial charge in [-0.1, -0.05) is 11.6 Å². The number of thioether (sulfide) groups is 1. The number of aromatic nitrogens is 1. The second-order valence-electron chi connectivity index (χ2n) is 9.68. The summed E-state index contributed by atoms with van der Waals surface area (Å²) in [4.78, 5) is 31.5. The number of aromatic amines is 1. The Labute approximate surface area is 215 Å². The molecule has 0 saturated heterocycles. The van der Waals surface area contributed by atoms with Crippen molar-refractivity contribution in [2.45, 2.75) is 69.9 Å². The number of amides is 1. The predicted octanol–water partition coefficient (Wildman–Crippen LogP) is 4.65. The van der Waals surface area contributed by atoms with E-state index >= 15 is 0 Å². The number of rotatable bonds is 6. The Balaban J connectivity index is 1.51. The maximum atomic E-state index is 13.2. The number of nitrogens with zero attached hydrogens (tertiary/aromatic N) is 1. The number of benzene rings is 1. The molecular formula is C26H34ClN3O4S. The van der Waals surface area contributed by atoms with Crippen molar-refractivity contribution in [2.24, 2.45) is 5.92 Å². The smallest absolute Gasteiger partial charge is 0.254 e. The fourth-order valence-electron chi connectivity index (χ4n) is 5.05. The number of fused-ring (bicyclic) bond motifs is 1. The summed E-state index contributed by atoms with van der Waals surface area (Å²) in [5.41, 5.74) is 3.09. The summed E-state index contributed by atoms with van der Waals surface area (Å²) in [5, 5.41) is 3.34. The maximum absolute atomic E-state index is 13.2. The monoisotopic (exact) mass is 519 g/mol. The van der Waals surface area contributed by atoms with E-state index in [4.69, 9.17) is 21.1 Å². The number of hydrogen-bond donors (Lipinski definition) is 2. The highest BCUT2D eigenvalue weighted by atomic mass is 35.5. The Morgan fingerprint density at radius 2 is 1.94 bits per heavy atom. The van der Waals surface area contributed by atoms with E-state index in [1.165, 1.54) is 11.8 Å². The number of halogens is 1. The van der Waals surface area contributed by atoms with Crippen LogP contribution in [0.2, 0.25) is 5.02 Å². The van der Waals surface area contributed by atoms with Gasteiger partial charge in [-0.05, 0) is 72.0 Å². The van der Waals surface area contributed by atoms with Crippen LogP contribution in [-0.4, -0.2) is 48.5 Å². The highest BCUT2D eigenvalue weighted by Crippen LogP contribution is 2.41. The Morgan fingerprint density at radius 3 is 2.60 bits per heavy atom. The molecule has 1 aliphatic heterocycles. The Bertz CT molecular complexity index is 1160. The number of carbonyl (C=O) groups is 1. The normalized spacial score (nSPS) is 22.0. The summed E-state index contributed by atoms with van der Waals surface area (Å²) in [7, 11) is 4.26. The molecule has 1 fully saturated rings. The van der Waals surface area contributed by atoms with Crippen molar-refractivity contribution in [2.75, 3.05) is 20.4 Å². The first-order chi connectivity index (χ1) is 16.7. The van der Waals surface area contributed by atoms with Gasteiger partial charge in [0.25, 0.3) is 11.5 Å². The van der Waals surface area contributed by atoms with Gasteiger partial charge in [-0.3, -0.25) is 9.59 Å². The van der Waals surface area contributed by atoms with Gasteiger partial charge < -0.3 is 24.7 Å². The standard InChI is InChI=1S/C26H34ClN3O4S/c1-14-10-22(35-5)19(25(32)29-14)12-28-24(31)18-11-21(27)20-13-33-26(34-23(20)15(18)2)16-6-8-17(9-7-16)30(3)4/h10-11,16-17,26H,6-9,12-13H2,1-5H3,(H,28,31)(H,29,32). The first-order valence-corrected chi connectivity index (χ1v) is 13.6. The van der Waals surface area contributed by atoms with E-state index in [-0.39, 0.29) is 24.3 Å². The molecule has 35 heavy (non-hydrogen) atoms. The number of ether oxygens (including phenoxy) is 2. The van der Waals surface area contributed by atoms with Crippen LogP contribution in [0, 0.1) is 19.8 Å². The number of aryl methyl sites for hydroxylation is 1. The third kappa shape index (κ3) is 5.56. The number of carbonyl (C=O) groups excluding carboxylic acids is 1. The molecule has 9 heteroatoms. The largest absolute Gasteiger partial charge is 0.464 e. The molecule has 1 aliphatic carbocycles. The van der Waals surface area contributed by atoms with Crippen molar-refractivity contribution < 1.29 is 14.3 Å². The number of nitrogens with one attached hydrogen (secondary N) is 2. The fraction of sp³-hybridized carbons (Fsp3) is 0.538. The van der Waals surface area contributed by atoms with E-state index < -0.39 is 0 Å². The topological polar surface area (TPSA) is 83.7 Å². The maximum Gasteiger partial charge on any atom is 0.254 e. The Morgan fingerprint density at radius 1 is 1.23 bits per heavy atom. The van der Waals surface area contributed by atoms with E-state index in [9.17, 15) is 9.59 Å². The molecule has 1 aromatic heterocycles. The van der Waals surface area contributed by atoms with Crippen molar-refractivity contribution in [3.8, 4) is 5.75 Å². The molecule has 0 bridgehead atoms. The van der Waals surface area contributed by atoms with Crippen molar-refractivity contribution in [3.63, 3.8) is 0 Å². The minimum absolute atomic E-state index is 0.125. The molecule has 2 heterocycles. The molecule has 1 unspecified atom stereocenters. The van der Waals surface area contributed by atoms with Crippen molar-refractivity contribution in [3.05, 3.63) is 55.5 Å². The van der Waals surface area contributed by atoms with Crippen LogP contribution in [-0.2, 0) is 17.9 Å². The fourth-order valence-corrected chi connectivity index (χ4v) is 6.00. The third-order valence-corrected chi connectivity index (χ3v) is 8.32. The molecule has 1 saturated carbocycles. The number of hydrogen-bond acceptors (Lipinski definition) is 6. The molecule has 2 aromatic rings. The number of pyridine rings is 1. The zero-order valence-electron chi connectivity index (χ0n) is 21.0. The van der Waals surface area contributed by atoms with Crippen LogP contribution < -0.4 is 15.6 Å². The highest BCUT2D eigenvalue weighted by molar-refractivity contribution is 7.98.